The van der Waals surface area contributed by atoms with Crippen LogP contribution in [0.2, 0.25) is 0 Å². The van der Waals surface area contributed by atoms with Crippen molar-refractivity contribution in [2.24, 2.45) is 0 Å². The quantitative estimate of drug-likeness (QED) is 0.835. The van der Waals surface area contributed by atoms with Gasteiger partial charge in [0.05, 0.1) is 18.2 Å². The standard InChI is InChI=1S/C12H14N2O3/c1-17-10-7-11(15)14(12(16)13-8-10)9-5-3-2-4-6-9/h2-6,10H,7-8H2,1H3,(H,13,16). The van der Waals surface area contributed by atoms with Crippen LogP contribution in [0.15, 0.2) is 30.3 Å². The Balaban J connectivity index is 2.26. The molecular weight excluding hydrogens is 220 g/mol. The van der Waals surface area contributed by atoms with E-state index in [0.717, 1.165) is 4.90 Å². The number of nitrogens with zero attached hydrogens (tertiary/aromatic N) is 1. The van der Waals surface area contributed by atoms with E-state index in [4.69, 9.17) is 4.74 Å². The zero-order chi connectivity index (χ0) is 12.3. The summed E-state index contributed by atoms with van der Waals surface area (Å²) in [6.45, 7) is 0.352. The lowest BCUT2D eigenvalue weighted by Gasteiger charge is -2.18. The van der Waals surface area contributed by atoms with E-state index in [1.165, 1.54) is 7.11 Å². The largest absolute Gasteiger partial charge is 0.379 e. The van der Waals surface area contributed by atoms with E-state index in [2.05, 4.69) is 5.32 Å². The van der Waals surface area contributed by atoms with Gasteiger partial charge in [-0.15, -0.1) is 0 Å². The number of hydrogen-bond donors (Lipinski definition) is 1. The summed E-state index contributed by atoms with van der Waals surface area (Å²) in [7, 11) is 1.53. The highest BCUT2D eigenvalue weighted by Gasteiger charge is 2.29. The molecule has 1 fully saturated rings. The van der Waals surface area contributed by atoms with Crippen LogP contribution in [0.3, 0.4) is 0 Å². The van der Waals surface area contributed by atoms with E-state index in [1.807, 2.05) is 6.07 Å². The molecule has 0 aromatic heterocycles. The molecule has 1 saturated heterocycles. The number of ether oxygens (including phenoxy) is 1. The number of urea groups is 1. The molecule has 1 N–H and O–H groups in total. The number of carbonyl (C=O) groups excluding carboxylic acids is 2. The van der Waals surface area contributed by atoms with E-state index in [0.29, 0.717) is 12.2 Å². The van der Waals surface area contributed by atoms with Crippen molar-refractivity contribution >= 4 is 17.6 Å². The van der Waals surface area contributed by atoms with Crippen molar-refractivity contribution in [2.75, 3.05) is 18.6 Å². The Morgan fingerprint density at radius 2 is 2.00 bits per heavy atom. The first kappa shape index (κ1) is 11.6. The number of hydrogen-bond acceptors (Lipinski definition) is 3. The van der Waals surface area contributed by atoms with Crippen LogP contribution in [0.5, 0.6) is 0 Å². The number of nitrogens with one attached hydrogen (secondary N) is 1. The van der Waals surface area contributed by atoms with Crippen LogP contribution in [0.25, 0.3) is 0 Å². The molecule has 1 aromatic rings. The van der Waals surface area contributed by atoms with Gasteiger partial charge in [0.1, 0.15) is 0 Å². The van der Waals surface area contributed by atoms with Crippen molar-refractivity contribution in [1.29, 1.82) is 0 Å². The van der Waals surface area contributed by atoms with Crippen LogP contribution in [0.1, 0.15) is 6.42 Å². The number of anilines is 1. The van der Waals surface area contributed by atoms with Crippen molar-refractivity contribution in [3.05, 3.63) is 30.3 Å². The minimum Gasteiger partial charge on any atom is -0.379 e. The molecule has 0 saturated carbocycles. The molecule has 17 heavy (non-hydrogen) atoms. The van der Waals surface area contributed by atoms with Gasteiger partial charge in [0.2, 0.25) is 5.91 Å². The molecule has 0 aliphatic carbocycles. The van der Waals surface area contributed by atoms with E-state index in [-0.39, 0.29) is 18.4 Å². The highest BCUT2D eigenvalue weighted by Crippen LogP contribution is 2.17. The molecule has 90 valence electrons. The average Bonchev–Trinajstić information content (AvgIpc) is 2.49. The lowest BCUT2D eigenvalue weighted by atomic mass is 10.2. The molecule has 3 amide bonds. The van der Waals surface area contributed by atoms with Crippen molar-refractivity contribution < 1.29 is 14.3 Å². The van der Waals surface area contributed by atoms with Crippen LogP contribution in [-0.2, 0) is 9.53 Å². The van der Waals surface area contributed by atoms with Crippen molar-refractivity contribution in [3.8, 4) is 0 Å². The molecule has 1 heterocycles. The maximum absolute atomic E-state index is 12.0. The maximum atomic E-state index is 12.0. The third kappa shape index (κ3) is 2.45. The second-order valence-corrected chi connectivity index (χ2v) is 3.81. The molecule has 5 heteroatoms. The Hall–Kier alpha value is -1.88. The van der Waals surface area contributed by atoms with Crippen molar-refractivity contribution in [3.63, 3.8) is 0 Å². The maximum Gasteiger partial charge on any atom is 0.328 e. The van der Waals surface area contributed by atoms with Crippen LogP contribution in [0.4, 0.5) is 10.5 Å². The van der Waals surface area contributed by atoms with Gasteiger partial charge in [-0.05, 0) is 12.1 Å². The number of rotatable bonds is 2. The van der Waals surface area contributed by atoms with Gasteiger partial charge in [-0.25, -0.2) is 9.69 Å². The van der Waals surface area contributed by atoms with Crippen LogP contribution in [-0.4, -0.2) is 31.7 Å². The summed E-state index contributed by atoms with van der Waals surface area (Å²) in [5, 5.41) is 2.67. The Morgan fingerprint density at radius 1 is 1.29 bits per heavy atom. The number of benzene rings is 1. The van der Waals surface area contributed by atoms with E-state index >= 15 is 0 Å². The molecule has 1 atom stereocenters. The first-order valence-corrected chi connectivity index (χ1v) is 5.41. The third-order valence-electron chi connectivity index (χ3n) is 2.68. The molecule has 1 aliphatic rings. The summed E-state index contributed by atoms with van der Waals surface area (Å²) >= 11 is 0. The molecule has 2 rings (SSSR count). The fourth-order valence-corrected chi connectivity index (χ4v) is 1.76. The second-order valence-electron chi connectivity index (χ2n) is 3.81. The van der Waals surface area contributed by atoms with Gasteiger partial charge in [-0.3, -0.25) is 4.79 Å². The van der Waals surface area contributed by atoms with Crippen molar-refractivity contribution in [1.82, 2.24) is 5.32 Å². The van der Waals surface area contributed by atoms with Gasteiger partial charge in [-0.2, -0.15) is 0 Å². The SMILES string of the molecule is COC1CNC(=O)N(c2ccccc2)C(=O)C1. The molecule has 1 aliphatic heterocycles. The summed E-state index contributed by atoms with van der Waals surface area (Å²) in [6, 6.07) is 8.46. The van der Waals surface area contributed by atoms with Crippen LogP contribution in [0, 0.1) is 0 Å². The lowest BCUT2D eigenvalue weighted by molar-refractivity contribution is -0.119. The third-order valence-corrected chi connectivity index (χ3v) is 2.68. The van der Waals surface area contributed by atoms with E-state index in [1.54, 1.807) is 24.3 Å². The molecule has 1 unspecified atom stereocenters. The van der Waals surface area contributed by atoms with Crippen LogP contribution >= 0.6 is 0 Å². The monoisotopic (exact) mass is 234 g/mol. The fourth-order valence-electron chi connectivity index (χ4n) is 1.76. The number of para-hydroxylation sites is 1. The summed E-state index contributed by atoms with van der Waals surface area (Å²) < 4.78 is 5.11. The summed E-state index contributed by atoms with van der Waals surface area (Å²) in [4.78, 5) is 25.0. The molecule has 5 nitrogen and oxygen atoms in total. The zero-order valence-electron chi connectivity index (χ0n) is 9.55. The second kappa shape index (κ2) is 4.97. The van der Waals surface area contributed by atoms with E-state index in [9.17, 15) is 9.59 Å². The smallest absolute Gasteiger partial charge is 0.328 e. The summed E-state index contributed by atoms with van der Waals surface area (Å²) in [5.74, 6) is -0.252. The Labute approximate surface area is 99.4 Å². The van der Waals surface area contributed by atoms with Gasteiger partial charge < -0.3 is 10.1 Å². The van der Waals surface area contributed by atoms with Gasteiger partial charge in [-0.1, -0.05) is 18.2 Å². The predicted octanol–water partition coefficient (Wildman–Crippen LogP) is 1.15. The van der Waals surface area contributed by atoms with Gasteiger partial charge in [0.25, 0.3) is 0 Å². The average molecular weight is 234 g/mol. The zero-order valence-corrected chi connectivity index (χ0v) is 9.55. The van der Waals surface area contributed by atoms with Gasteiger partial charge in [0.15, 0.2) is 0 Å². The van der Waals surface area contributed by atoms with Gasteiger partial charge in [0, 0.05) is 13.7 Å². The molecule has 0 bridgehead atoms. The molecule has 1 aromatic carbocycles. The Morgan fingerprint density at radius 3 is 2.65 bits per heavy atom. The minimum absolute atomic E-state index is 0.199. The number of methoxy groups -OCH3 is 1. The number of amides is 3. The summed E-state index contributed by atoms with van der Waals surface area (Å²) in [6.07, 6.45) is -0.0652. The first-order chi connectivity index (χ1) is 8.22. The molecular formula is C12H14N2O3. The number of carbonyl (C=O) groups is 2. The van der Waals surface area contributed by atoms with Crippen LogP contribution < -0.4 is 10.2 Å². The van der Waals surface area contributed by atoms with Gasteiger partial charge >= 0.3 is 6.03 Å². The van der Waals surface area contributed by atoms with Crippen molar-refractivity contribution in [2.45, 2.75) is 12.5 Å². The Kier molecular flexibility index (Phi) is 3.39. The minimum atomic E-state index is -0.402. The summed E-state index contributed by atoms with van der Waals surface area (Å²) in [5.41, 5.74) is 0.576. The number of imide groups is 1. The lowest BCUT2D eigenvalue weighted by Crippen LogP contribution is -2.41. The Bertz CT molecular complexity index is 419. The molecule has 0 radical (unpaired) electrons. The predicted molar refractivity (Wildman–Crippen MR) is 62.7 cm³/mol. The first-order valence-electron chi connectivity index (χ1n) is 5.41. The van der Waals surface area contributed by atoms with E-state index < -0.39 is 6.03 Å². The highest BCUT2D eigenvalue weighted by atomic mass is 16.5. The highest BCUT2D eigenvalue weighted by molar-refractivity contribution is 6.14. The fraction of sp³-hybridized carbons (Fsp3) is 0.333. The topological polar surface area (TPSA) is 58.6 Å². The normalized spacial score (nSPS) is 21.0. The molecule has 0 spiro atoms.